The zero-order valence-corrected chi connectivity index (χ0v) is 15.5. The van der Waals surface area contributed by atoms with Gasteiger partial charge in [-0.3, -0.25) is 9.52 Å². The van der Waals surface area contributed by atoms with E-state index in [-0.39, 0.29) is 23.0 Å². The fourth-order valence-electron chi connectivity index (χ4n) is 2.46. The minimum Gasteiger partial charge on any atom is -0.372 e. The first-order chi connectivity index (χ1) is 12.3. The second-order valence-electron chi connectivity index (χ2n) is 5.90. The topological polar surface area (TPSA) is 78.5 Å². The summed E-state index contributed by atoms with van der Waals surface area (Å²) in [4.78, 5) is 14.1. The van der Waals surface area contributed by atoms with E-state index >= 15 is 0 Å². The van der Waals surface area contributed by atoms with Gasteiger partial charge in [0.2, 0.25) is 10.0 Å². The molecule has 0 radical (unpaired) electrons. The summed E-state index contributed by atoms with van der Waals surface area (Å²) in [5.74, 6) is -0.662. The highest BCUT2D eigenvalue weighted by molar-refractivity contribution is 7.92. The minimum atomic E-state index is -3.48. The molecular formula is C18H22FN3O3S. The molecule has 6 nitrogen and oxygen atoms in total. The number of carbonyl (C=O) groups is 1. The summed E-state index contributed by atoms with van der Waals surface area (Å²) in [7, 11) is -1.69. The number of hydrogen-bond donors (Lipinski definition) is 2. The van der Waals surface area contributed by atoms with Crippen LogP contribution in [0.3, 0.4) is 0 Å². The number of nitrogens with one attached hydrogen (secondary N) is 2. The lowest BCUT2D eigenvalue weighted by Gasteiger charge is -2.20. The van der Waals surface area contributed by atoms with Crippen molar-refractivity contribution in [2.45, 2.75) is 6.42 Å². The Morgan fingerprint density at radius 2 is 1.77 bits per heavy atom. The van der Waals surface area contributed by atoms with Gasteiger partial charge in [-0.2, -0.15) is 0 Å². The average molecular weight is 379 g/mol. The van der Waals surface area contributed by atoms with Gasteiger partial charge in [0.05, 0.1) is 23.2 Å². The molecule has 0 heterocycles. The molecule has 0 fully saturated rings. The molecule has 8 heteroatoms. The van der Waals surface area contributed by atoms with E-state index in [1.165, 1.54) is 12.1 Å². The largest absolute Gasteiger partial charge is 0.372 e. The number of rotatable bonds is 8. The second kappa shape index (κ2) is 8.66. The molecule has 0 atom stereocenters. The molecule has 0 aliphatic carbocycles. The minimum absolute atomic E-state index is 0.232. The van der Waals surface area contributed by atoms with Crippen LogP contribution in [0.15, 0.2) is 48.5 Å². The summed E-state index contributed by atoms with van der Waals surface area (Å²) in [5, 5.41) is 2.75. The summed E-state index contributed by atoms with van der Waals surface area (Å²) >= 11 is 0. The highest BCUT2D eigenvalue weighted by Crippen LogP contribution is 2.17. The number of halogens is 1. The van der Waals surface area contributed by atoms with E-state index in [2.05, 4.69) is 10.0 Å². The van der Waals surface area contributed by atoms with E-state index in [0.717, 1.165) is 6.26 Å². The van der Waals surface area contributed by atoms with Crippen LogP contribution in [-0.4, -0.2) is 40.7 Å². The second-order valence-corrected chi connectivity index (χ2v) is 7.65. The van der Waals surface area contributed by atoms with Gasteiger partial charge in [0.15, 0.2) is 0 Å². The number of para-hydroxylation sites is 2. The maximum Gasteiger partial charge on any atom is 0.253 e. The summed E-state index contributed by atoms with van der Waals surface area (Å²) in [6.45, 7) is 0.940. The molecule has 2 aromatic carbocycles. The van der Waals surface area contributed by atoms with Crippen molar-refractivity contribution < 1.29 is 17.6 Å². The van der Waals surface area contributed by atoms with E-state index in [9.17, 15) is 17.6 Å². The number of hydrogen-bond acceptors (Lipinski definition) is 4. The van der Waals surface area contributed by atoms with Crippen molar-refractivity contribution in [2.24, 2.45) is 0 Å². The maximum absolute atomic E-state index is 13.7. The van der Waals surface area contributed by atoms with Crippen LogP contribution in [0.2, 0.25) is 0 Å². The molecule has 0 spiro atoms. The molecule has 1 amide bonds. The van der Waals surface area contributed by atoms with Crippen LogP contribution in [0, 0.1) is 5.82 Å². The third-order valence-electron chi connectivity index (χ3n) is 3.69. The number of amides is 1. The lowest BCUT2D eigenvalue weighted by molar-refractivity contribution is 0.0954. The summed E-state index contributed by atoms with van der Waals surface area (Å²) in [5.41, 5.74) is 0.984. The maximum atomic E-state index is 13.7. The lowest BCUT2D eigenvalue weighted by Crippen LogP contribution is -2.29. The molecule has 2 rings (SSSR count). The molecule has 140 valence electrons. The molecule has 0 unspecified atom stereocenters. The van der Waals surface area contributed by atoms with Crippen molar-refractivity contribution in [2.75, 3.05) is 36.0 Å². The van der Waals surface area contributed by atoms with Crippen molar-refractivity contribution in [3.63, 3.8) is 0 Å². The Kier molecular flexibility index (Phi) is 6.57. The fraction of sp³-hybridized carbons (Fsp3) is 0.278. The van der Waals surface area contributed by atoms with Crippen molar-refractivity contribution >= 4 is 27.3 Å². The van der Waals surface area contributed by atoms with Crippen LogP contribution in [0.1, 0.15) is 16.8 Å². The SMILES string of the molecule is CN(CCCNC(=O)c1ccccc1NS(C)(=O)=O)c1ccccc1F. The molecule has 2 N–H and O–H groups in total. The van der Waals surface area contributed by atoms with Crippen LogP contribution in [-0.2, 0) is 10.0 Å². The van der Waals surface area contributed by atoms with E-state index < -0.39 is 10.0 Å². The van der Waals surface area contributed by atoms with Crippen LogP contribution < -0.4 is 14.9 Å². The standard InChI is InChI=1S/C18H22FN3O3S/c1-22(17-11-6-4-9-15(17)19)13-7-12-20-18(23)14-8-3-5-10-16(14)21-26(2,24)25/h3-6,8-11,21H,7,12-13H2,1-2H3,(H,20,23). The van der Waals surface area contributed by atoms with Crippen LogP contribution in [0.4, 0.5) is 15.8 Å². The van der Waals surface area contributed by atoms with Crippen LogP contribution in [0.5, 0.6) is 0 Å². The molecular weight excluding hydrogens is 357 g/mol. The Morgan fingerprint density at radius 3 is 2.46 bits per heavy atom. The lowest BCUT2D eigenvalue weighted by atomic mass is 10.1. The van der Waals surface area contributed by atoms with Crippen molar-refractivity contribution in [1.29, 1.82) is 0 Å². The zero-order valence-electron chi connectivity index (χ0n) is 14.7. The molecule has 0 aliphatic heterocycles. The van der Waals surface area contributed by atoms with Gasteiger partial charge in [-0.05, 0) is 30.7 Å². The first-order valence-electron chi connectivity index (χ1n) is 8.08. The Balaban J connectivity index is 1.89. The average Bonchev–Trinajstić information content (AvgIpc) is 2.58. The van der Waals surface area contributed by atoms with Gasteiger partial charge < -0.3 is 10.2 Å². The van der Waals surface area contributed by atoms with E-state index in [1.54, 1.807) is 48.3 Å². The monoisotopic (exact) mass is 379 g/mol. The van der Waals surface area contributed by atoms with Gasteiger partial charge in [0.25, 0.3) is 5.91 Å². The third-order valence-corrected chi connectivity index (χ3v) is 4.28. The molecule has 0 bridgehead atoms. The highest BCUT2D eigenvalue weighted by Gasteiger charge is 2.13. The first kappa shape index (κ1) is 19.7. The van der Waals surface area contributed by atoms with E-state index in [4.69, 9.17) is 0 Å². The number of nitrogens with zero attached hydrogens (tertiary/aromatic N) is 1. The summed E-state index contributed by atoms with van der Waals surface area (Å²) in [6, 6.07) is 12.9. The molecule has 2 aromatic rings. The van der Waals surface area contributed by atoms with Gasteiger partial charge in [0, 0.05) is 20.1 Å². The van der Waals surface area contributed by atoms with Crippen LogP contribution in [0.25, 0.3) is 0 Å². The van der Waals surface area contributed by atoms with Crippen molar-refractivity contribution in [3.8, 4) is 0 Å². The molecule has 26 heavy (non-hydrogen) atoms. The van der Waals surface area contributed by atoms with Crippen LogP contribution >= 0.6 is 0 Å². The number of sulfonamides is 1. The predicted octanol–water partition coefficient (Wildman–Crippen LogP) is 2.45. The Labute approximate surface area is 153 Å². The number of benzene rings is 2. The van der Waals surface area contributed by atoms with Gasteiger partial charge in [-0.15, -0.1) is 0 Å². The Bertz CT molecular complexity index is 871. The van der Waals surface area contributed by atoms with E-state index in [0.29, 0.717) is 25.2 Å². The van der Waals surface area contributed by atoms with Gasteiger partial charge in [-0.25, -0.2) is 12.8 Å². The Hall–Kier alpha value is -2.61. The molecule has 0 saturated carbocycles. The summed E-state index contributed by atoms with van der Waals surface area (Å²) in [6.07, 6.45) is 1.64. The smallest absolute Gasteiger partial charge is 0.253 e. The van der Waals surface area contributed by atoms with Gasteiger partial charge in [-0.1, -0.05) is 24.3 Å². The number of anilines is 2. The third kappa shape index (κ3) is 5.73. The normalized spacial score (nSPS) is 11.0. The van der Waals surface area contributed by atoms with Crippen molar-refractivity contribution in [1.82, 2.24) is 5.32 Å². The quantitative estimate of drug-likeness (QED) is 0.691. The number of carbonyl (C=O) groups excluding carboxylic acids is 1. The fourth-order valence-corrected chi connectivity index (χ4v) is 3.04. The molecule has 0 aliphatic rings. The first-order valence-corrected chi connectivity index (χ1v) is 9.98. The summed E-state index contributed by atoms with van der Waals surface area (Å²) < 4.78 is 38.8. The molecule has 0 saturated heterocycles. The van der Waals surface area contributed by atoms with Crippen molar-refractivity contribution in [3.05, 3.63) is 59.9 Å². The Morgan fingerprint density at radius 1 is 1.12 bits per heavy atom. The molecule has 0 aromatic heterocycles. The van der Waals surface area contributed by atoms with Gasteiger partial charge >= 0.3 is 0 Å². The van der Waals surface area contributed by atoms with Gasteiger partial charge in [0.1, 0.15) is 5.82 Å². The highest BCUT2D eigenvalue weighted by atomic mass is 32.2. The predicted molar refractivity (Wildman–Crippen MR) is 102 cm³/mol. The van der Waals surface area contributed by atoms with E-state index in [1.807, 2.05) is 0 Å². The zero-order chi connectivity index (χ0) is 19.2.